The predicted molar refractivity (Wildman–Crippen MR) is 66.8 cm³/mol. The van der Waals surface area contributed by atoms with E-state index in [1.54, 1.807) is 7.11 Å². The molecule has 1 aromatic rings. The van der Waals surface area contributed by atoms with Crippen LogP contribution in [0.2, 0.25) is 0 Å². The van der Waals surface area contributed by atoms with Gasteiger partial charge in [-0.3, -0.25) is 4.90 Å². The maximum absolute atomic E-state index is 5.38. The number of benzene rings is 1. The zero-order valence-electron chi connectivity index (χ0n) is 9.41. The van der Waals surface area contributed by atoms with Crippen LogP contribution in [0.3, 0.4) is 0 Å². The molecule has 0 aromatic heterocycles. The van der Waals surface area contributed by atoms with Crippen LogP contribution < -0.4 is 4.74 Å². The summed E-state index contributed by atoms with van der Waals surface area (Å²) in [5.74, 6) is 0.945. The van der Waals surface area contributed by atoms with Crippen LogP contribution in [0.25, 0.3) is 0 Å². The minimum Gasteiger partial charge on any atom is -0.496 e. The van der Waals surface area contributed by atoms with Gasteiger partial charge in [0.25, 0.3) is 0 Å². The van der Waals surface area contributed by atoms with Gasteiger partial charge in [0.15, 0.2) is 0 Å². The van der Waals surface area contributed by atoms with Gasteiger partial charge in [-0.15, -0.1) is 0 Å². The Labute approximate surface area is 104 Å². The molecule has 0 bridgehead atoms. The Balaban J connectivity index is 2.12. The Kier molecular flexibility index (Phi) is 4.21. The zero-order chi connectivity index (χ0) is 11.4. The van der Waals surface area contributed by atoms with Crippen molar-refractivity contribution in [2.45, 2.75) is 6.54 Å². The number of hydrogen-bond acceptors (Lipinski definition) is 3. The third-order valence-corrected chi connectivity index (χ3v) is 3.52. The average molecular weight is 286 g/mol. The van der Waals surface area contributed by atoms with Crippen LogP contribution in [0, 0.1) is 0 Å². The van der Waals surface area contributed by atoms with Gasteiger partial charge in [0.1, 0.15) is 5.75 Å². The van der Waals surface area contributed by atoms with Crippen LogP contribution in [0.1, 0.15) is 5.56 Å². The summed E-state index contributed by atoms with van der Waals surface area (Å²) in [6.07, 6.45) is 0. The predicted octanol–water partition coefficient (Wildman–Crippen LogP) is 2.29. The first kappa shape index (κ1) is 11.9. The second-order valence-corrected chi connectivity index (χ2v) is 4.66. The molecule has 1 saturated heterocycles. The number of methoxy groups -OCH3 is 1. The van der Waals surface area contributed by atoms with Gasteiger partial charge in [-0.25, -0.2) is 0 Å². The van der Waals surface area contributed by atoms with Crippen LogP contribution in [0.5, 0.6) is 5.75 Å². The van der Waals surface area contributed by atoms with Crippen molar-refractivity contribution in [2.24, 2.45) is 0 Å². The SMILES string of the molecule is COc1cccc(Br)c1CN1CCOCC1. The normalized spacial score (nSPS) is 17.4. The maximum atomic E-state index is 5.38. The average Bonchev–Trinajstić information content (AvgIpc) is 2.33. The molecule has 0 atom stereocenters. The highest BCUT2D eigenvalue weighted by Gasteiger charge is 2.15. The molecule has 0 saturated carbocycles. The smallest absolute Gasteiger partial charge is 0.124 e. The highest BCUT2D eigenvalue weighted by molar-refractivity contribution is 9.10. The minimum atomic E-state index is 0.826. The number of rotatable bonds is 3. The topological polar surface area (TPSA) is 21.7 Å². The maximum Gasteiger partial charge on any atom is 0.124 e. The van der Waals surface area contributed by atoms with Gasteiger partial charge in [0, 0.05) is 29.7 Å². The lowest BCUT2D eigenvalue weighted by atomic mass is 10.2. The highest BCUT2D eigenvalue weighted by Crippen LogP contribution is 2.28. The summed E-state index contributed by atoms with van der Waals surface area (Å²) in [6.45, 7) is 4.54. The van der Waals surface area contributed by atoms with Gasteiger partial charge in [-0.05, 0) is 12.1 Å². The van der Waals surface area contributed by atoms with E-state index in [2.05, 4.69) is 26.9 Å². The number of hydrogen-bond donors (Lipinski definition) is 0. The van der Waals surface area contributed by atoms with E-state index in [0.29, 0.717) is 0 Å². The van der Waals surface area contributed by atoms with Crippen molar-refractivity contribution >= 4 is 15.9 Å². The van der Waals surface area contributed by atoms with E-state index < -0.39 is 0 Å². The lowest BCUT2D eigenvalue weighted by Gasteiger charge is -2.27. The monoisotopic (exact) mass is 285 g/mol. The van der Waals surface area contributed by atoms with Crippen molar-refractivity contribution in [2.75, 3.05) is 33.4 Å². The molecule has 0 radical (unpaired) electrons. The molecule has 1 heterocycles. The van der Waals surface area contributed by atoms with Crippen LogP contribution >= 0.6 is 15.9 Å². The van der Waals surface area contributed by atoms with E-state index in [1.807, 2.05) is 12.1 Å². The zero-order valence-corrected chi connectivity index (χ0v) is 11.0. The molecule has 2 rings (SSSR count). The fourth-order valence-electron chi connectivity index (χ4n) is 1.87. The Morgan fingerprint density at radius 3 is 2.81 bits per heavy atom. The fourth-order valence-corrected chi connectivity index (χ4v) is 2.34. The Hall–Kier alpha value is -0.580. The summed E-state index contributed by atoms with van der Waals surface area (Å²) < 4.78 is 11.8. The van der Waals surface area contributed by atoms with E-state index in [4.69, 9.17) is 9.47 Å². The number of halogens is 1. The molecule has 1 aromatic carbocycles. The van der Waals surface area contributed by atoms with Gasteiger partial charge in [0.2, 0.25) is 0 Å². The van der Waals surface area contributed by atoms with E-state index in [1.165, 1.54) is 5.56 Å². The molecule has 1 fully saturated rings. The van der Waals surface area contributed by atoms with Gasteiger partial charge < -0.3 is 9.47 Å². The van der Waals surface area contributed by atoms with E-state index >= 15 is 0 Å². The van der Waals surface area contributed by atoms with E-state index in [9.17, 15) is 0 Å². The van der Waals surface area contributed by atoms with Crippen LogP contribution in [-0.2, 0) is 11.3 Å². The van der Waals surface area contributed by atoms with Crippen molar-refractivity contribution in [3.05, 3.63) is 28.2 Å². The molecule has 4 heteroatoms. The molecule has 0 N–H and O–H groups in total. The molecule has 1 aliphatic heterocycles. The first-order chi connectivity index (χ1) is 7.81. The van der Waals surface area contributed by atoms with Crippen molar-refractivity contribution in [3.8, 4) is 5.75 Å². The highest BCUT2D eigenvalue weighted by atomic mass is 79.9. The van der Waals surface area contributed by atoms with Crippen molar-refractivity contribution in [1.82, 2.24) is 4.90 Å². The van der Waals surface area contributed by atoms with Gasteiger partial charge in [0.05, 0.1) is 20.3 Å². The van der Waals surface area contributed by atoms with E-state index in [-0.39, 0.29) is 0 Å². The Bertz CT molecular complexity index is 351. The summed E-state index contributed by atoms with van der Waals surface area (Å²) in [5.41, 5.74) is 1.21. The number of nitrogens with zero attached hydrogens (tertiary/aromatic N) is 1. The lowest BCUT2D eigenvalue weighted by Crippen LogP contribution is -2.35. The molecule has 3 nitrogen and oxygen atoms in total. The molecule has 1 aliphatic rings. The van der Waals surface area contributed by atoms with Gasteiger partial charge in [-0.1, -0.05) is 22.0 Å². The Morgan fingerprint density at radius 1 is 1.38 bits per heavy atom. The number of morpholine rings is 1. The quantitative estimate of drug-likeness (QED) is 0.851. The number of ether oxygens (including phenoxy) is 2. The molecule has 16 heavy (non-hydrogen) atoms. The minimum absolute atomic E-state index is 0.826. The first-order valence-corrected chi connectivity index (χ1v) is 6.22. The van der Waals surface area contributed by atoms with E-state index in [0.717, 1.165) is 43.1 Å². The van der Waals surface area contributed by atoms with Gasteiger partial charge in [-0.2, -0.15) is 0 Å². The van der Waals surface area contributed by atoms with Crippen molar-refractivity contribution in [1.29, 1.82) is 0 Å². The summed E-state index contributed by atoms with van der Waals surface area (Å²) >= 11 is 3.58. The molecule has 0 aliphatic carbocycles. The van der Waals surface area contributed by atoms with Crippen LogP contribution in [-0.4, -0.2) is 38.3 Å². The van der Waals surface area contributed by atoms with Crippen LogP contribution in [0.4, 0.5) is 0 Å². The van der Waals surface area contributed by atoms with Crippen molar-refractivity contribution < 1.29 is 9.47 Å². The molecule has 0 unspecified atom stereocenters. The standard InChI is InChI=1S/C12H16BrNO2/c1-15-12-4-2-3-11(13)10(12)9-14-5-7-16-8-6-14/h2-4H,5-9H2,1H3. The second kappa shape index (κ2) is 5.66. The molecule has 0 amide bonds. The third-order valence-electron chi connectivity index (χ3n) is 2.78. The summed E-state index contributed by atoms with van der Waals surface area (Å²) in [5, 5.41) is 0. The largest absolute Gasteiger partial charge is 0.496 e. The Morgan fingerprint density at radius 2 is 2.12 bits per heavy atom. The lowest BCUT2D eigenvalue weighted by molar-refractivity contribution is 0.0338. The molecular weight excluding hydrogens is 270 g/mol. The van der Waals surface area contributed by atoms with Gasteiger partial charge >= 0.3 is 0 Å². The molecular formula is C12H16BrNO2. The first-order valence-electron chi connectivity index (χ1n) is 5.42. The summed E-state index contributed by atoms with van der Waals surface area (Å²) in [6, 6.07) is 6.05. The summed E-state index contributed by atoms with van der Waals surface area (Å²) in [7, 11) is 1.71. The third kappa shape index (κ3) is 2.75. The second-order valence-electron chi connectivity index (χ2n) is 3.81. The van der Waals surface area contributed by atoms with Crippen molar-refractivity contribution in [3.63, 3.8) is 0 Å². The molecule has 0 spiro atoms. The fraction of sp³-hybridized carbons (Fsp3) is 0.500. The molecule has 88 valence electrons. The summed E-state index contributed by atoms with van der Waals surface area (Å²) in [4.78, 5) is 2.38. The van der Waals surface area contributed by atoms with Crippen LogP contribution in [0.15, 0.2) is 22.7 Å².